The zero-order chi connectivity index (χ0) is 65.3. The van der Waals surface area contributed by atoms with Crippen LogP contribution in [0.1, 0.15) is 213 Å². The first-order valence-corrected chi connectivity index (χ1v) is 31.4. The van der Waals surface area contributed by atoms with E-state index in [1.165, 1.54) is 66.9 Å². The maximum Gasteiger partial charge on any atom is 0.340 e. The van der Waals surface area contributed by atoms with Gasteiger partial charge in [0, 0.05) is 71.8 Å². The smallest absolute Gasteiger partial charge is 0.340 e. The van der Waals surface area contributed by atoms with Gasteiger partial charge in [0.15, 0.2) is 0 Å². The Morgan fingerprint density at radius 1 is 0.330 bits per heavy atom. The minimum atomic E-state index is -2.55. The number of aryl methyl sites for hydroxylation is 2. The van der Waals surface area contributed by atoms with Gasteiger partial charge in [0.2, 0.25) is 0 Å². The Kier molecular flexibility index (Phi) is 22.8. The van der Waals surface area contributed by atoms with E-state index >= 15 is 0 Å². The fourth-order valence-electron chi connectivity index (χ4n) is 9.41. The molecule has 24 heteroatoms. The number of carbonyl (C=O) groups excluding carboxylic acids is 8. The average Bonchev–Trinajstić information content (AvgIpc) is 0.791. The predicted octanol–water partition coefficient (Wildman–Crippen LogP) is 13.2. The van der Waals surface area contributed by atoms with E-state index in [2.05, 4.69) is 0 Å². The van der Waals surface area contributed by atoms with Crippen molar-refractivity contribution in [3.63, 3.8) is 0 Å². The van der Waals surface area contributed by atoms with Crippen molar-refractivity contribution >= 4 is 64.7 Å². The zero-order valence-corrected chi connectivity index (χ0v) is 55.3. The molecule has 4 heterocycles. The maximum atomic E-state index is 13.9. The molecule has 0 radical (unpaired) electrons. The lowest BCUT2D eigenvalue weighted by atomic mass is 9.78. The summed E-state index contributed by atoms with van der Waals surface area (Å²) in [6.07, 6.45) is 11.1. The van der Waals surface area contributed by atoms with Gasteiger partial charge < -0.3 is 46.9 Å². The fraction of sp³-hybridized carbons (Fsp3) is 0.438. The van der Waals surface area contributed by atoms with Crippen LogP contribution in [0, 0.1) is 27.7 Å². The Hall–Kier alpha value is -8.22. The number of benzene rings is 2. The van der Waals surface area contributed by atoms with Crippen LogP contribution in [0.2, 0.25) is 0 Å². The summed E-state index contributed by atoms with van der Waals surface area (Å²) in [4.78, 5) is 111. The number of ether oxygens (including phenoxy) is 8. The molecule has 0 amide bonds. The summed E-state index contributed by atoms with van der Waals surface area (Å²) in [6.45, 7) is 32.5. The highest BCUT2D eigenvalue weighted by molar-refractivity contribution is 7.50. The first-order chi connectivity index (χ1) is 41.6. The summed E-state index contributed by atoms with van der Waals surface area (Å²) < 4.78 is 65.1. The number of aromatic nitrogens is 4. The van der Waals surface area contributed by atoms with Crippen LogP contribution in [-0.2, 0) is 48.7 Å². The number of nitrogens with zero attached hydrogens (tertiary/aromatic N) is 4. The van der Waals surface area contributed by atoms with Crippen LogP contribution in [0.5, 0.6) is 11.5 Å². The molecule has 0 aliphatic heterocycles. The summed E-state index contributed by atoms with van der Waals surface area (Å²) in [6, 6.07) is 4.00. The van der Waals surface area contributed by atoms with Crippen LogP contribution in [0.25, 0.3) is 11.1 Å². The normalized spacial score (nSPS) is 11.5. The Labute approximate surface area is 515 Å². The molecule has 0 bridgehead atoms. The Balaban J connectivity index is 1.84. The molecule has 6 rings (SSSR count). The lowest BCUT2D eigenvalue weighted by Gasteiger charge is -2.33. The van der Waals surface area contributed by atoms with E-state index in [0.717, 1.165) is 11.1 Å². The molecule has 0 N–H and O–H groups in total. The monoisotopic (exact) mass is 1250 g/mol. The lowest BCUT2D eigenvalue weighted by Crippen LogP contribution is -2.18. The van der Waals surface area contributed by atoms with Gasteiger partial charge in [0.1, 0.15) is 11.5 Å². The van der Waals surface area contributed by atoms with Gasteiger partial charge in [-0.25, -0.2) is 38.4 Å². The van der Waals surface area contributed by atoms with Gasteiger partial charge in [0.25, 0.3) is 0 Å². The van der Waals surface area contributed by atoms with Crippen molar-refractivity contribution in [1.29, 1.82) is 0 Å². The number of hydrogen-bond acceptors (Lipinski definition) is 18. The van der Waals surface area contributed by atoms with E-state index in [9.17, 15) is 38.4 Å². The first-order valence-electron chi connectivity index (χ1n) is 29.1. The van der Waals surface area contributed by atoms with Gasteiger partial charge >= 0.3 is 64.7 Å². The molecule has 88 heavy (non-hydrogen) atoms. The number of carbonyl (C=O) groups is 8. The minimum absolute atomic E-state index is 0.0339. The number of esters is 8. The van der Waals surface area contributed by atoms with Gasteiger partial charge in [-0.05, 0) is 116 Å². The highest BCUT2D eigenvalue weighted by Gasteiger charge is 2.39. The zero-order valence-electron chi connectivity index (χ0n) is 53.5. The molecule has 2 aromatic carbocycles. The largest absolute Gasteiger partial charge is 0.462 e. The highest BCUT2D eigenvalue weighted by atomic mass is 31.2. The lowest BCUT2D eigenvalue weighted by molar-refractivity contribution is 0.0480. The van der Waals surface area contributed by atoms with E-state index in [-0.39, 0.29) is 109 Å². The molecule has 474 valence electrons. The van der Waals surface area contributed by atoms with Gasteiger partial charge in [-0.1, -0.05) is 53.7 Å². The van der Waals surface area contributed by atoms with Crippen LogP contribution in [0.15, 0.2) is 61.7 Å². The van der Waals surface area contributed by atoms with Crippen molar-refractivity contribution in [1.82, 2.24) is 17.4 Å². The topological polar surface area (TPSA) is 249 Å². The molecule has 0 unspecified atom stereocenters. The van der Waals surface area contributed by atoms with Crippen molar-refractivity contribution in [2.75, 3.05) is 52.9 Å². The maximum absolute atomic E-state index is 13.9. The Morgan fingerprint density at radius 2 is 0.500 bits per heavy atom. The van der Waals surface area contributed by atoms with Crippen molar-refractivity contribution in [3.8, 4) is 22.6 Å². The predicted molar refractivity (Wildman–Crippen MR) is 330 cm³/mol. The molecule has 6 aromatic rings. The Morgan fingerprint density at radius 3 is 0.648 bits per heavy atom. The molecule has 22 nitrogen and oxygen atoms in total. The fourth-order valence-corrected chi connectivity index (χ4v) is 12.7. The summed E-state index contributed by atoms with van der Waals surface area (Å²) in [5.41, 5.74) is 2.59. The third-order valence-corrected chi connectivity index (χ3v) is 17.0. The van der Waals surface area contributed by atoms with Crippen molar-refractivity contribution < 1.29 is 85.3 Å². The van der Waals surface area contributed by atoms with Crippen LogP contribution >= 0.6 is 16.9 Å². The van der Waals surface area contributed by atoms with Gasteiger partial charge in [0.05, 0.1) is 97.4 Å². The summed E-state index contributed by atoms with van der Waals surface area (Å²) in [5, 5.41) is 0. The van der Waals surface area contributed by atoms with Crippen molar-refractivity contribution in [3.05, 3.63) is 140 Å². The SMILES string of the molecule is CCOC(=O)c1cn(P(Oc2c(C(C)(C)C)cc(C)c(C)c2-c2c(C)c(C)cc(C(C)(C)C)c2OP(n2cc(C(=O)OCC)c(C(=O)OCC)c2)n2cc(C(=O)OCC)c(C(=O)OCC)c2)n2cc(C(=O)OCC)c(C(=O)OCC)c2)cc1C(=O)OCC. The molecular weight excluding hydrogens is 1170 g/mol. The van der Waals surface area contributed by atoms with Crippen molar-refractivity contribution in [2.24, 2.45) is 0 Å². The van der Waals surface area contributed by atoms with Crippen molar-refractivity contribution in [2.45, 2.75) is 135 Å². The molecule has 0 fully saturated rings. The standard InChI is InChI=1S/C64H80N4O18P2/c1-19-77-55(69)41-29-65(30-42(41)56(70)78-20-2)87(66-31-43(57(71)79-21-3)44(32-66)58(72)80-22-4)85-53-49(63(13,14)15)27-37(9)39(11)51(53)52-40(12)38(10)28-50(64(16,17)18)54(52)86-88(67-33-45(59(73)81-23-5)46(34-67)60(74)82-24-6)68-35-47(61(75)83-25-7)48(36-68)62(76)84-26-8/h27-36H,19-26H2,1-18H3. The quantitative estimate of drug-likeness (QED) is 0.0293. The average molecular weight is 1260 g/mol. The van der Waals surface area contributed by atoms with Gasteiger partial charge in [-0.15, -0.1) is 0 Å². The van der Waals surface area contributed by atoms with Crippen LogP contribution in [0.3, 0.4) is 0 Å². The van der Waals surface area contributed by atoms with Crippen LogP contribution in [-0.4, -0.2) is 118 Å². The molecule has 0 atom stereocenters. The molecular formula is C64H80N4O18P2. The highest BCUT2D eigenvalue weighted by Crippen LogP contribution is 2.57. The molecule has 0 saturated heterocycles. The third-order valence-electron chi connectivity index (χ3n) is 13.8. The molecule has 0 spiro atoms. The van der Waals surface area contributed by atoms with Crippen LogP contribution < -0.4 is 9.05 Å². The van der Waals surface area contributed by atoms with Gasteiger partial charge in [-0.2, -0.15) is 0 Å². The van der Waals surface area contributed by atoms with E-state index in [1.54, 1.807) is 55.4 Å². The number of rotatable bonds is 25. The molecule has 0 aliphatic rings. The van der Waals surface area contributed by atoms with E-state index in [4.69, 9.17) is 46.9 Å². The van der Waals surface area contributed by atoms with Gasteiger partial charge in [-0.3, -0.25) is 17.4 Å². The second-order valence-electron chi connectivity index (χ2n) is 22.0. The minimum Gasteiger partial charge on any atom is -0.462 e. The summed E-state index contributed by atoms with van der Waals surface area (Å²) >= 11 is 0. The third kappa shape index (κ3) is 14.8. The number of hydrogen-bond donors (Lipinski definition) is 0. The summed E-state index contributed by atoms with van der Waals surface area (Å²) in [5.74, 6) is -6.17. The van der Waals surface area contributed by atoms with E-state index in [0.29, 0.717) is 33.4 Å². The first kappa shape index (κ1) is 68.9. The molecule has 0 saturated carbocycles. The second kappa shape index (κ2) is 29.2. The summed E-state index contributed by atoms with van der Waals surface area (Å²) in [7, 11) is -5.10. The molecule has 4 aromatic heterocycles. The molecule has 0 aliphatic carbocycles. The second-order valence-corrected chi connectivity index (χ2v) is 25.2. The van der Waals surface area contributed by atoms with E-state index < -0.39 is 75.5 Å². The Bertz CT molecular complexity index is 3090. The van der Waals surface area contributed by atoms with Crippen LogP contribution in [0.4, 0.5) is 0 Å². The van der Waals surface area contributed by atoms with E-state index in [1.807, 2.05) is 81.4 Å².